The number of aryl methyl sites for hydroxylation is 1. The summed E-state index contributed by atoms with van der Waals surface area (Å²) in [4.78, 5) is 11.1. The number of hydrogen-bond donors (Lipinski definition) is 1. The molecule has 0 amide bonds. The van der Waals surface area contributed by atoms with E-state index >= 15 is 0 Å². The highest BCUT2D eigenvalue weighted by atomic mass is 32.2. The lowest BCUT2D eigenvalue weighted by atomic mass is 9.95. The maximum atomic E-state index is 13.7. The third kappa shape index (κ3) is 5.27. The molecule has 0 fully saturated rings. The molecule has 184 valence electrons. The van der Waals surface area contributed by atoms with Crippen molar-refractivity contribution in [1.82, 2.24) is 0 Å². The molecule has 1 aliphatic rings. The average molecular weight is 506 g/mol. The molecular formula is C25H22F3NO5S. The maximum Gasteiger partial charge on any atom is 0.573 e. The first kappa shape index (κ1) is 24.6. The van der Waals surface area contributed by atoms with E-state index in [1.165, 1.54) is 28.6 Å². The fourth-order valence-corrected chi connectivity index (χ4v) is 5.96. The number of para-hydroxylation sites is 1. The molecule has 0 bridgehead atoms. The highest BCUT2D eigenvalue weighted by Gasteiger charge is 2.37. The van der Waals surface area contributed by atoms with Gasteiger partial charge in [-0.15, -0.1) is 13.2 Å². The highest BCUT2D eigenvalue weighted by molar-refractivity contribution is 7.92. The van der Waals surface area contributed by atoms with Crippen molar-refractivity contribution in [2.24, 2.45) is 0 Å². The maximum absolute atomic E-state index is 13.7. The minimum atomic E-state index is -4.80. The van der Waals surface area contributed by atoms with Gasteiger partial charge in [0.15, 0.2) is 0 Å². The first-order valence-corrected chi connectivity index (χ1v) is 12.2. The molecule has 1 aliphatic heterocycles. The van der Waals surface area contributed by atoms with Crippen LogP contribution in [0.1, 0.15) is 29.9 Å². The van der Waals surface area contributed by atoms with E-state index in [-0.39, 0.29) is 29.5 Å². The first-order chi connectivity index (χ1) is 16.5. The lowest BCUT2D eigenvalue weighted by molar-refractivity contribution is -0.274. The fourth-order valence-electron chi connectivity index (χ4n) is 4.32. The van der Waals surface area contributed by atoms with Gasteiger partial charge in [0.05, 0.1) is 10.6 Å². The molecule has 3 aromatic rings. The lowest BCUT2D eigenvalue weighted by Crippen LogP contribution is -2.30. The van der Waals surface area contributed by atoms with Gasteiger partial charge in [-0.05, 0) is 59.9 Å². The summed E-state index contributed by atoms with van der Waals surface area (Å²) in [5.74, 6) is -1.57. The molecule has 1 N–H and O–H groups in total. The lowest BCUT2D eigenvalue weighted by Gasteiger charge is -2.22. The monoisotopic (exact) mass is 505 g/mol. The standard InChI is InChI=1S/C25H22F3NO5S/c1-16-4-2-7-22-19(10-13-23(30)31)15-29(24(16)22)35(32,33)21-6-3-5-18(14-21)17-8-11-20(12-9-17)34-25(26,27)28/h2-9,11-12,14,19H,10,13,15H2,1H3,(H,30,31). The van der Waals surface area contributed by atoms with Gasteiger partial charge in [-0.25, -0.2) is 8.42 Å². The summed E-state index contributed by atoms with van der Waals surface area (Å²) in [5.41, 5.74) is 3.15. The minimum Gasteiger partial charge on any atom is -0.481 e. The SMILES string of the molecule is Cc1cccc2c1N(S(=O)(=O)c1cccc(-c3ccc(OC(F)(F)F)cc3)c1)CC2CCC(=O)O. The Balaban J connectivity index is 1.66. The molecule has 0 spiro atoms. The molecule has 0 saturated carbocycles. The molecule has 4 rings (SSSR count). The fraction of sp³-hybridized carbons (Fsp3) is 0.240. The van der Waals surface area contributed by atoms with E-state index in [4.69, 9.17) is 5.11 Å². The van der Waals surface area contributed by atoms with E-state index < -0.39 is 22.4 Å². The number of anilines is 1. The van der Waals surface area contributed by atoms with Crippen molar-refractivity contribution in [2.45, 2.75) is 36.9 Å². The van der Waals surface area contributed by atoms with Crippen LogP contribution in [-0.2, 0) is 14.8 Å². The predicted octanol–water partition coefficient (Wildman–Crippen LogP) is 5.72. The van der Waals surface area contributed by atoms with Crippen LogP contribution in [-0.4, -0.2) is 32.4 Å². The Morgan fingerprint density at radius 2 is 1.74 bits per heavy atom. The van der Waals surface area contributed by atoms with Crippen LogP contribution in [0.5, 0.6) is 5.75 Å². The van der Waals surface area contributed by atoms with Crippen molar-refractivity contribution in [3.8, 4) is 16.9 Å². The Kier molecular flexibility index (Phi) is 6.50. The van der Waals surface area contributed by atoms with Gasteiger partial charge in [0.1, 0.15) is 5.75 Å². The quantitative estimate of drug-likeness (QED) is 0.444. The molecular weight excluding hydrogens is 483 g/mol. The summed E-state index contributed by atoms with van der Waals surface area (Å²) in [7, 11) is -4.00. The van der Waals surface area contributed by atoms with Gasteiger partial charge in [-0.2, -0.15) is 0 Å². The number of rotatable bonds is 7. The molecule has 3 aromatic carbocycles. The molecule has 0 saturated heterocycles. The number of nitrogens with zero attached hydrogens (tertiary/aromatic N) is 1. The summed E-state index contributed by atoms with van der Waals surface area (Å²) in [6.07, 6.45) is -4.57. The number of alkyl halides is 3. The van der Waals surface area contributed by atoms with E-state index in [2.05, 4.69) is 4.74 Å². The van der Waals surface area contributed by atoms with Crippen LogP contribution in [0.15, 0.2) is 71.6 Å². The molecule has 10 heteroatoms. The largest absolute Gasteiger partial charge is 0.573 e. The molecule has 1 atom stereocenters. The van der Waals surface area contributed by atoms with E-state index in [1.807, 2.05) is 25.1 Å². The van der Waals surface area contributed by atoms with Crippen LogP contribution in [0.2, 0.25) is 0 Å². The average Bonchev–Trinajstić information content (AvgIpc) is 3.18. The predicted molar refractivity (Wildman–Crippen MR) is 124 cm³/mol. The minimum absolute atomic E-state index is 0.0266. The summed E-state index contributed by atoms with van der Waals surface area (Å²) in [6, 6.07) is 16.8. The number of carboxylic acids is 1. The second kappa shape index (κ2) is 9.26. The molecule has 35 heavy (non-hydrogen) atoms. The number of carboxylic acid groups (broad SMARTS) is 1. The van der Waals surface area contributed by atoms with Crippen molar-refractivity contribution < 1.29 is 36.2 Å². The first-order valence-electron chi connectivity index (χ1n) is 10.8. The molecule has 1 unspecified atom stereocenters. The number of aliphatic carboxylic acids is 1. The molecule has 0 radical (unpaired) electrons. The second-order valence-corrected chi connectivity index (χ2v) is 10.1. The molecule has 0 aliphatic carbocycles. The van der Waals surface area contributed by atoms with Crippen LogP contribution in [0, 0.1) is 6.92 Å². The number of hydrogen-bond acceptors (Lipinski definition) is 4. The van der Waals surface area contributed by atoms with Crippen LogP contribution in [0.4, 0.5) is 18.9 Å². The summed E-state index contributed by atoms with van der Waals surface area (Å²) in [6.45, 7) is 1.94. The smallest absolute Gasteiger partial charge is 0.481 e. The van der Waals surface area contributed by atoms with Gasteiger partial charge in [0.25, 0.3) is 10.0 Å². The van der Waals surface area contributed by atoms with E-state index in [1.54, 1.807) is 12.1 Å². The Morgan fingerprint density at radius 3 is 2.40 bits per heavy atom. The number of fused-ring (bicyclic) bond motifs is 1. The van der Waals surface area contributed by atoms with Gasteiger partial charge in [0.2, 0.25) is 0 Å². The number of sulfonamides is 1. The van der Waals surface area contributed by atoms with Gasteiger partial charge >= 0.3 is 12.3 Å². The van der Waals surface area contributed by atoms with Crippen LogP contribution < -0.4 is 9.04 Å². The van der Waals surface area contributed by atoms with E-state index in [9.17, 15) is 26.4 Å². The van der Waals surface area contributed by atoms with E-state index in [0.717, 1.165) is 23.3 Å². The second-order valence-electron chi connectivity index (χ2n) is 8.28. The van der Waals surface area contributed by atoms with Crippen molar-refractivity contribution in [3.63, 3.8) is 0 Å². The Hall–Kier alpha value is -3.53. The topological polar surface area (TPSA) is 83.9 Å². The Labute approximate surface area is 200 Å². The van der Waals surface area contributed by atoms with Gasteiger partial charge in [0, 0.05) is 18.9 Å². The van der Waals surface area contributed by atoms with Crippen molar-refractivity contribution in [1.29, 1.82) is 0 Å². The number of halogens is 3. The molecule has 1 heterocycles. The van der Waals surface area contributed by atoms with Gasteiger partial charge in [-0.3, -0.25) is 9.10 Å². The number of carbonyl (C=O) groups is 1. The van der Waals surface area contributed by atoms with Crippen molar-refractivity contribution in [3.05, 3.63) is 77.9 Å². The number of ether oxygens (including phenoxy) is 1. The summed E-state index contributed by atoms with van der Waals surface area (Å²) in [5, 5.41) is 9.10. The number of benzene rings is 3. The van der Waals surface area contributed by atoms with Crippen LogP contribution in [0.25, 0.3) is 11.1 Å². The Morgan fingerprint density at radius 1 is 1.06 bits per heavy atom. The zero-order valence-electron chi connectivity index (χ0n) is 18.6. The van der Waals surface area contributed by atoms with Crippen LogP contribution >= 0.6 is 0 Å². The summed E-state index contributed by atoms with van der Waals surface area (Å²) >= 11 is 0. The zero-order chi connectivity index (χ0) is 25.4. The molecule has 0 aromatic heterocycles. The third-order valence-corrected chi connectivity index (χ3v) is 7.66. The summed E-state index contributed by atoms with van der Waals surface area (Å²) < 4.78 is 69.9. The zero-order valence-corrected chi connectivity index (χ0v) is 19.4. The van der Waals surface area contributed by atoms with Crippen molar-refractivity contribution in [2.75, 3.05) is 10.8 Å². The van der Waals surface area contributed by atoms with Gasteiger partial charge in [-0.1, -0.05) is 42.5 Å². The normalized spacial score (nSPS) is 15.7. The Bertz CT molecular complexity index is 1350. The third-order valence-electron chi connectivity index (χ3n) is 5.89. The van der Waals surface area contributed by atoms with Crippen molar-refractivity contribution >= 4 is 21.7 Å². The van der Waals surface area contributed by atoms with Crippen LogP contribution in [0.3, 0.4) is 0 Å². The van der Waals surface area contributed by atoms with E-state index in [0.29, 0.717) is 23.2 Å². The molecule has 6 nitrogen and oxygen atoms in total. The van der Waals surface area contributed by atoms with Gasteiger partial charge < -0.3 is 9.84 Å². The highest BCUT2D eigenvalue weighted by Crippen LogP contribution is 2.43.